The summed E-state index contributed by atoms with van der Waals surface area (Å²) in [6.45, 7) is 1.91. The summed E-state index contributed by atoms with van der Waals surface area (Å²) < 4.78 is 2.15. The van der Waals surface area contributed by atoms with Gasteiger partial charge in [0.15, 0.2) is 11.0 Å². The van der Waals surface area contributed by atoms with Crippen molar-refractivity contribution in [2.75, 3.05) is 14.1 Å². The van der Waals surface area contributed by atoms with Gasteiger partial charge in [-0.3, -0.25) is 14.3 Å². The molecule has 22 heavy (non-hydrogen) atoms. The molecule has 1 fully saturated rings. The molecule has 2 aromatic heterocycles. The number of pyridine rings is 1. The minimum absolute atomic E-state index is 0.0817. The molecule has 0 saturated heterocycles. The first-order chi connectivity index (χ1) is 10.6. The Labute approximate surface area is 133 Å². The van der Waals surface area contributed by atoms with E-state index >= 15 is 0 Å². The number of nitrogens with zero attached hydrogens (tertiary/aromatic N) is 5. The van der Waals surface area contributed by atoms with Gasteiger partial charge in [-0.1, -0.05) is 11.8 Å². The summed E-state index contributed by atoms with van der Waals surface area (Å²) in [4.78, 5) is 17.8. The zero-order valence-corrected chi connectivity index (χ0v) is 13.7. The van der Waals surface area contributed by atoms with Crippen LogP contribution in [0.5, 0.6) is 0 Å². The highest BCUT2D eigenvalue weighted by Crippen LogP contribution is 2.41. The van der Waals surface area contributed by atoms with Crippen LogP contribution in [0.3, 0.4) is 0 Å². The van der Waals surface area contributed by atoms with Crippen LogP contribution in [0.4, 0.5) is 0 Å². The summed E-state index contributed by atoms with van der Waals surface area (Å²) in [5.74, 6) is 0.917. The van der Waals surface area contributed by atoms with Gasteiger partial charge in [-0.2, -0.15) is 0 Å². The van der Waals surface area contributed by atoms with E-state index in [4.69, 9.17) is 0 Å². The first-order valence-electron chi connectivity index (χ1n) is 7.31. The summed E-state index contributed by atoms with van der Waals surface area (Å²) in [7, 11) is 3.54. The van der Waals surface area contributed by atoms with Gasteiger partial charge >= 0.3 is 0 Å². The number of thioether (sulfide) groups is 1. The fourth-order valence-electron chi connectivity index (χ4n) is 2.28. The van der Waals surface area contributed by atoms with E-state index in [9.17, 15) is 4.79 Å². The summed E-state index contributed by atoms with van der Waals surface area (Å²) in [6.07, 6.45) is 5.81. The molecule has 0 bridgehead atoms. The predicted octanol–water partition coefficient (Wildman–Crippen LogP) is 2.24. The molecule has 1 atom stereocenters. The molecule has 1 saturated carbocycles. The third-order valence-corrected chi connectivity index (χ3v) is 4.61. The van der Waals surface area contributed by atoms with Gasteiger partial charge in [-0.15, -0.1) is 10.2 Å². The Morgan fingerprint density at radius 2 is 2.18 bits per heavy atom. The van der Waals surface area contributed by atoms with Gasteiger partial charge in [-0.25, -0.2) is 0 Å². The van der Waals surface area contributed by atoms with Crippen LogP contribution in [0.1, 0.15) is 25.8 Å². The van der Waals surface area contributed by atoms with Crippen molar-refractivity contribution < 1.29 is 4.79 Å². The van der Waals surface area contributed by atoms with Crippen LogP contribution >= 0.6 is 11.8 Å². The molecule has 7 heteroatoms. The van der Waals surface area contributed by atoms with E-state index in [0.717, 1.165) is 29.4 Å². The molecule has 2 aromatic rings. The lowest BCUT2D eigenvalue weighted by Crippen LogP contribution is -2.29. The number of amides is 1. The van der Waals surface area contributed by atoms with Crippen LogP contribution in [0.25, 0.3) is 11.4 Å². The number of carbonyl (C=O) groups excluding carboxylic acids is 1. The minimum Gasteiger partial charge on any atom is -0.348 e. The van der Waals surface area contributed by atoms with E-state index < -0.39 is 0 Å². The van der Waals surface area contributed by atoms with E-state index in [1.54, 1.807) is 31.4 Å². The fraction of sp³-hybridized carbons (Fsp3) is 0.467. The van der Waals surface area contributed by atoms with Crippen LogP contribution in [-0.4, -0.2) is 49.9 Å². The lowest BCUT2D eigenvalue weighted by Gasteiger charge is -2.16. The third-order valence-electron chi connectivity index (χ3n) is 3.57. The smallest absolute Gasteiger partial charge is 0.235 e. The molecule has 116 valence electrons. The predicted molar refractivity (Wildman–Crippen MR) is 85.5 cm³/mol. The number of rotatable bonds is 5. The summed E-state index contributed by atoms with van der Waals surface area (Å²) in [6, 6.07) is 4.32. The molecule has 1 aliphatic rings. The maximum absolute atomic E-state index is 12.1. The standard InChI is InChI=1S/C15H19N5OS/c1-10(14(21)19(2)3)22-15-18-17-13(20(15)12-6-7-12)11-5-4-8-16-9-11/h4-5,8-10,12H,6-7H2,1-3H3/t10-/m0/s1. The average Bonchev–Trinajstić information content (AvgIpc) is 3.28. The van der Waals surface area contributed by atoms with Crippen molar-refractivity contribution in [1.29, 1.82) is 0 Å². The molecule has 0 N–H and O–H groups in total. The van der Waals surface area contributed by atoms with Crippen LogP contribution in [-0.2, 0) is 4.79 Å². The molecule has 0 spiro atoms. The Morgan fingerprint density at radius 3 is 2.77 bits per heavy atom. The lowest BCUT2D eigenvalue weighted by atomic mass is 10.3. The second kappa shape index (κ2) is 6.08. The van der Waals surface area contributed by atoms with Crippen molar-refractivity contribution in [3.8, 4) is 11.4 Å². The van der Waals surface area contributed by atoms with Crippen molar-refractivity contribution in [1.82, 2.24) is 24.6 Å². The molecule has 0 aromatic carbocycles. The van der Waals surface area contributed by atoms with Crippen LogP contribution in [0.15, 0.2) is 29.7 Å². The number of aromatic nitrogens is 4. The average molecular weight is 317 g/mol. The first-order valence-corrected chi connectivity index (χ1v) is 8.19. The number of carbonyl (C=O) groups is 1. The van der Waals surface area contributed by atoms with Gasteiger partial charge in [0.05, 0.1) is 5.25 Å². The van der Waals surface area contributed by atoms with Crippen molar-refractivity contribution >= 4 is 17.7 Å². The number of hydrogen-bond acceptors (Lipinski definition) is 5. The second-order valence-corrected chi connectivity index (χ2v) is 6.95. The van der Waals surface area contributed by atoms with Crippen molar-refractivity contribution in [2.24, 2.45) is 0 Å². The van der Waals surface area contributed by atoms with Gasteiger partial charge in [0.1, 0.15) is 0 Å². The highest BCUT2D eigenvalue weighted by molar-refractivity contribution is 8.00. The van der Waals surface area contributed by atoms with Crippen molar-refractivity contribution in [3.63, 3.8) is 0 Å². The van der Waals surface area contributed by atoms with Crippen LogP contribution < -0.4 is 0 Å². The Morgan fingerprint density at radius 1 is 1.41 bits per heavy atom. The Balaban J connectivity index is 1.90. The monoisotopic (exact) mass is 317 g/mol. The highest BCUT2D eigenvalue weighted by atomic mass is 32.2. The van der Waals surface area contributed by atoms with Crippen LogP contribution in [0.2, 0.25) is 0 Å². The largest absolute Gasteiger partial charge is 0.348 e. The molecule has 2 heterocycles. The normalized spacial score (nSPS) is 15.6. The van der Waals surface area contributed by atoms with E-state index in [0.29, 0.717) is 6.04 Å². The van der Waals surface area contributed by atoms with Crippen molar-refractivity contribution in [2.45, 2.75) is 36.2 Å². The molecular weight excluding hydrogens is 298 g/mol. The van der Waals surface area contributed by atoms with Gasteiger partial charge in [0, 0.05) is 38.1 Å². The van der Waals surface area contributed by atoms with Crippen molar-refractivity contribution in [3.05, 3.63) is 24.5 Å². The fourth-order valence-corrected chi connectivity index (χ4v) is 3.35. The van der Waals surface area contributed by atoms with E-state index in [-0.39, 0.29) is 11.2 Å². The quantitative estimate of drug-likeness (QED) is 0.791. The molecular formula is C15H19N5OS. The SMILES string of the molecule is C[C@H](Sc1nnc(-c2cccnc2)n1C1CC1)C(=O)N(C)C. The molecule has 1 amide bonds. The summed E-state index contributed by atoms with van der Waals surface area (Å²) >= 11 is 1.47. The number of hydrogen-bond donors (Lipinski definition) is 0. The molecule has 1 aliphatic carbocycles. The molecule has 3 rings (SSSR count). The maximum atomic E-state index is 12.1. The lowest BCUT2D eigenvalue weighted by molar-refractivity contribution is -0.127. The summed E-state index contributed by atoms with van der Waals surface area (Å²) in [5, 5.41) is 9.27. The zero-order chi connectivity index (χ0) is 15.7. The second-order valence-electron chi connectivity index (χ2n) is 5.64. The molecule has 0 unspecified atom stereocenters. The van der Waals surface area contributed by atoms with E-state index in [2.05, 4.69) is 19.7 Å². The highest BCUT2D eigenvalue weighted by Gasteiger charge is 2.31. The van der Waals surface area contributed by atoms with E-state index in [1.165, 1.54) is 11.8 Å². The Kier molecular flexibility index (Phi) is 4.15. The Hall–Kier alpha value is -1.89. The van der Waals surface area contributed by atoms with Gasteiger partial charge in [-0.05, 0) is 31.9 Å². The van der Waals surface area contributed by atoms with Crippen LogP contribution in [0, 0.1) is 0 Å². The van der Waals surface area contributed by atoms with Gasteiger partial charge < -0.3 is 4.90 Å². The Bertz CT molecular complexity index is 666. The molecule has 0 aliphatic heterocycles. The minimum atomic E-state index is -0.182. The van der Waals surface area contributed by atoms with Gasteiger partial charge in [0.2, 0.25) is 5.91 Å². The third kappa shape index (κ3) is 2.99. The van der Waals surface area contributed by atoms with Gasteiger partial charge in [0.25, 0.3) is 0 Å². The topological polar surface area (TPSA) is 63.9 Å². The van der Waals surface area contributed by atoms with E-state index in [1.807, 2.05) is 19.1 Å². The maximum Gasteiger partial charge on any atom is 0.235 e. The first kappa shape index (κ1) is 15.0. The summed E-state index contributed by atoms with van der Waals surface area (Å²) in [5.41, 5.74) is 0.959. The molecule has 0 radical (unpaired) electrons. The zero-order valence-electron chi connectivity index (χ0n) is 12.9. The molecule has 6 nitrogen and oxygen atoms in total.